The molecule has 6 nitrogen and oxygen atoms in total. The molecule has 0 aliphatic rings. The van der Waals surface area contributed by atoms with Gasteiger partial charge in [0.05, 0.1) is 12.3 Å². The number of esters is 1. The van der Waals surface area contributed by atoms with Crippen molar-refractivity contribution in [3.8, 4) is 0 Å². The highest BCUT2D eigenvalue weighted by Gasteiger charge is 2.16. The molecule has 0 spiro atoms. The molecular weight excluding hydrogens is 344 g/mol. The number of fused-ring (bicyclic) bond motifs is 1. The molecule has 1 unspecified atom stereocenters. The predicted molar refractivity (Wildman–Crippen MR) is 101 cm³/mol. The summed E-state index contributed by atoms with van der Waals surface area (Å²) in [6.07, 6.45) is 1.01. The van der Waals surface area contributed by atoms with Crippen molar-refractivity contribution >= 4 is 11.6 Å². The van der Waals surface area contributed by atoms with Crippen molar-refractivity contribution in [1.82, 2.24) is 9.38 Å². The Balaban J connectivity index is 1.59. The van der Waals surface area contributed by atoms with E-state index in [1.807, 2.05) is 44.2 Å². The maximum absolute atomic E-state index is 12.2. The summed E-state index contributed by atoms with van der Waals surface area (Å²) in [6, 6.07) is 12.9. The lowest BCUT2D eigenvalue weighted by Gasteiger charge is -2.13. The summed E-state index contributed by atoms with van der Waals surface area (Å²) in [5.41, 5.74) is 3.80. The molecule has 0 amide bonds. The van der Waals surface area contributed by atoms with Crippen molar-refractivity contribution < 1.29 is 14.3 Å². The van der Waals surface area contributed by atoms with Crippen LogP contribution in [0.4, 0.5) is 0 Å². The average Bonchev–Trinajstić information content (AvgIpc) is 2.65. The summed E-state index contributed by atoms with van der Waals surface area (Å²) < 4.78 is 12.3. The molecule has 0 bridgehead atoms. The molecule has 2 aromatic heterocycles. The minimum absolute atomic E-state index is 0.0728. The first-order chi connectivity index (χ1) is 12.9. The monoisotopic (exact) mass is 366 g/mol. The van der Waals surface area contributed by atoms with Crippen LogP contribution in [0, 0.1) is 13.8 Å². The highest BCUT2D eigenvalue weighted by Crippen LogP contribution is 2.09. The van der Waals surface area contributed by atoms with Crippen LogP contribution in [0.25, 0.3) is 5.65 Å². The largest absolute Gasteiger partial charge is 0.457 e. The lowest BCUT2D eigenvalue weighted by atomic mass is 10.1. The molecule has 1 aromatic carbocycles. The first-order valence-corrected chi connectivity index (χ1v) is 8.75. The number of pyridine rings is 1. The third-order valence-electron chi connectivity index (χ3n) is 4.14. The zero-order chi connectivity index (χ0) is 19.4. The summed E-state index contributed by atoms with van der Waals surface area (Å²) >= 11 is 0. The van der Waals surface area contributed by atoms with E-state index in [9.17, 15) is 9.59 Å². The molecular formula is C21H22N2O4. The van der Waals surface area contributed by atoms with E-state index in [1.165, 1.54) is 10.5 Å². The lowest BCUT2D eigenvalue weighted by Crippen LogP contribution is -2.24. The van der Waals surface area contributed by atoms with E-state index >= 15 is 0 Å². The number of carbonyl (C=O) groups excluding carboxylic acids is 1. The second-order valence-electron chi connectivity index (χ2n) is 6.57. The van der Waals surface area contributed by atoms with Crippen molar-refractivity contribution in [3.05, 3.63) is 81.4 Å². The van der Waals surface area contributed by atoms with Gasteiger partial charge in [-0.2, -0.15) is 0 Å². The number of hydrogen-bond acceptors (Lipinski definition) is 5. The Morgan fingerprint density at radius 2 is 1.93 bits per heavy atom. The third kappa shape index (κ3) is 4.80. The minimum Gasteiger partial charge on any atom is -0.457 e. The first-order valence-electron chi connectivity index (χ1n) is 8.75. The Morgan fingerprint density at radius 1 is 1.11 bits per heavy atom. The smallest absolute Gasteiger partial charge is 0.335 e. The van der Waals surface area contributed by atoms with Crippen LogP contribution in [0.1, 0.15) is 29.3 Å². The highest BCUT2D eigenvalue weighted by molar-refractivity contribution is 5.74. The van der Waals surface area contributed by atoms with Crippen molar-refractivity contribution in [2.24, 2.45) is 0 Å². The lowest BCUT2D eigenvalue weighted by molar-refractivity contribution is -0.158. The SMILES string of the molecule is Cc1cccc(COC(C)C(=O)OCc2cc(=O)n3cc(C)ccc3n2)c1. The topological polar surface area (TPSA) is 69.9 Å². The third-order valence-corrected chi connectivity index (χ3v) is 4.14. The molecule has 2 heterocycles. The fraction of sp³-hybridized carbons (Fsp3) is 0.286. The molecule has 6 heteroatoms. The van der Waals surface area contributed by atoms with E-state index in [0.29, 0.717) is 17.9 Å². The number of hydrogen-bond donors (Lipinski definition) is 0. The van der Waals surface area contributed by atoms with Gasteiger partial charge in [0.25, 0.3) is 5.56 Å². The summed E-state index contributed by atoms with van der Waals surface area (Å²) in [5, 5.41) is 0. The Hall–Kier alpha value is -2.99. The number of aromatic nitrogens is 2. The molecule has 3 rings (SSSR count). The Bertz CT molecular complexity index is 1030. The minimum atomic E-state index is -0.713. The molecule has 0 radical (unpaired) electrons. The van der Waals surface area contributed by atoms with E-state index in [-0.39, 0.29) is 12.2 Å². The summed E-state index contributed by atoms with van der Waals surface area (Å²) in [6.45, 7) is 5.80. The zero-order valence-corrected chi connectivity index (χ0v) is 15.6. The van der Waals surface area contributed by atoms with Gasteiger partial charge in [-0.15, -0.1) is 0 Å². The van der Waals surface area contributed by atoms with Crippen LogP contribution in [-0.2, 0) is 27.5 Å². The Labute approximate surface area is 157 Å². The fourth-order valence-electron chi connectivity index (χ4n) is 2.69. The summed E-state index contributed by atoms with van der Waals surface area (Å²) in [7, 11) is 0. The normalized spacial score (nSPS) is 12.1. The molecule has 0 aliphatic heterocycles. The molecule has 0 saturated carbocycles. The van der Waals surface area contributed by atoms with Gasteiger partial charge in [0.15, 0.2) is 6.10 Å². The quantitative estimate of drug-likeness (QED) is 0.627. The summed E-state index contributed by atoms with van der Waals surface area (Å²) in [4.78, 5) is 28.7. The first kappa shape index (κ1) is 18.8. The van der Waals surface area contributed by atoms with E-state index < -0.39 is 12.1 Å². The molecule has 0 fully saturated rings. The molecule has 27 heavy (non-hydrogen) atoms. The van der Waals surface area contributed by atoms with Crippen molar-refractivity contribution in [2.75, 3.05) is 0 Å². The van der Waals surface area contributed by atoms with Crippen molar-refractivity contribution in [3.63, 3.8) is 0 Å². The Morgan fingerprint density at radius 3 is 2.70 bits per heavy atom. The van der Waals surface area contributed by atoms with E-state index in [0.717, 1.165) is 16.7 Å². The van der Waals surface area contributed by atoms with E-state index in [1.54, 1.807) is 19.2 Å². The van der Waals surface area contributed by atoms with Gasteiger partial charge in [0, 0.05) is 12.3 Å². The number of ether oxygens (including phenoxy) is 2. The van der Waals surface area contributed by atoms with E-state index in [2.05, 4.69) is 4.98 Å². The van der Waals surface area contributed by atoms with Crippen LogP contribution in [0.15, 0.2) is 53.5 Å². The van der Waals surface area contributed by atoms with Gasteiger partial charge in [-0.1, -0.05) is 35.9 Å². The maximum Gasteiger partial charge on any atom is 0.335 e. The fourth-order valence-corrected chi connectivity index (χ4v) is 2.69. The van der Waals surface area contributed by atoms with Gasteiger partial charge in [0.2, 0.25) is 0 Å². The maximum atomic E-state index is 12.2. The van der Waals surface area contributed by atoms with Crippen molar-refractivity contribution in [2.45, 2.75) is 40.1 Å². The molecule has 1 atom stereocenters. The molecule has 0 saturated heterocycles. The van der Waals surface area contributed by atoms with Gasteiger partial charge < -0.3 is 9.47 Å². The van der Waals surface area contributed by atoms with Gasteiger partial charge in [0.1, 0.15) is 12.3 Å². The molecule has 0 N–H and O–H groups in total. The van der Waals surface area contributed by atoms with Gasteiger partial charge >= 0.3 is 5.97 Å². The second-order valence-corrected chi connectivity index (χ2v) is 6.57. The average molecular weight is 366 g/mol. The van der Waals surface area contributed by atoms with Crippen LogP contribution >= 0.6 is 0 Å². The second kappa shape index (κ2) is 8.14. The number of rotatable bonds is 6. The van der Waals surface area contributed by atoms with Crippen LogP contribution < -0.4 is 5.56 Å². The van der Waals surface area contributed by atoms with Gasteiger partial charge in [-0.25, -0.2) is 9.78 Å². The van der Waals surface area contributed by atoms with Crippen LogP contribution in [0.3, 0.4) is 0 Å². The van der Waals surface area contributed by atoms with Gasteiger partial charge in [-0.3, -0.25) is 9.20 Å². The number of nitrogens with zero attached hydrogens (tertiary/aromatic N) is 2. The van der Waals surface area contributed by atoms with Crippen LogP contribution in [0.5, 0.6) is 0 Å². The zero-order valence-electron chi connectivity index (χ0n) is 15.6. The molecule has 3 aromatic rings. The van der Waals surface area contributed by atoms with Crippen LogP contribution in [0.2, 0.25) is 0 Å². The number of aryl methyl sites for hydroxylation is 2. The van der Waals surface area contributed by atoms with Crippen molar-refractivity contribution in [1.29, 1.82) is 0 Å². The Kier molecular flexibility index (Phi) is 5.66. The van der Waals surface area contributed by atoms with Gasteiger partial charge in [-0.05, 0) is 38.0 Å². The predicted octanol–water partition coefficient (Wildman–Crippen LogP) is 2.96. The molecule has 0 aliphatic carbocycles. The summed E-state index contributed by atoms with van der Waals surface area (Å²) in [5.74, 6) is -0.492. The number of carbonyl (C=O) groups is 1. The number of benzene rings is 1. The standard InChI is InChI=1S/C21H22N2O4/c1-14-5-4-6-17(9-14)12-26-16(3)21(25)27-13-18-10-20(24)23-11-15(2)7-8-19(23)22-18/h4-11,16H,12-13H2,1-3H3. The van der Waals surface area contributed by atoms with Crippen LogP contribution in [-0.4, -0.2) is 21.5 Å². The molecule has 140 valence electrons. The highest BCUT2D eigenvalue weighted by atomic mass is 16.6. The van der Waals surface area contributed by atoms with E-state index in [4.69, 9.17) is 9.47 Å².